The highest BCUT2D eigenvalue weighted by Crippen LogP contribution is 2.51. The Morgan fingerprint density at radius 3 is 1.89 bits per heavy atom. The lowest BCUT2D eigenvalue weighted by atomic mass is 9.90. The normalized spacial score (nSPS) is 11.7. The van der Waals surface area contributed by atoms with Crippen LogP contribution in [-0.2, 0) is 0 Å². The van der Waals surface area contributed by atoms with Crippen molar-refractivity contribution in [1.82, 2.24) is 4.98 Å². The van der Waals surface area contributed by atoms with E-state index in [4.69, 9.17) is 14.1 Å². The van der Waals surface area contributed by atoms with Crippen LogP contribution in [0.3, 0.4) is 0 Å². The second-order valence-electron chi connectivity index (χ2n) is 14.1. The minimum absolute atomic E-state index is 0.282. The van der Waals surface area contributed by atoms with Gasteiger partial charge in [-0.25, -0.2) is 9.37 Å². The van der Waals surface area contributed by atoms with Crippen molar-refractivity contribution in [3.05, 3.63) is 200 Å². The predicted molar refractivity (Wildman–Crippen MR) is 229 cm³/mol. The van der Waals surface area contributed by atoms with Crippen LogP contribution in [0.15, 0.2) is 199 Å². The van der Waals surface area contributed by atoms with Gasteiger partial charge in [0, 0.05) is 56.6 Å². The zero-order chi connectivity index (χ0) is 37.9. The monoisotopic (exact) mass is 737 g/mol. The number of rotatable bonds is 7. The number of para-hydroxylation sites is 4. The fraction of sp³-hybridized carbons (Fsp3) is 0. The van der Waals surface area contributed by atoms with Crippen molar-refractivity contribution in [3.63, 3.8) is 0 Å². The highest BCUT2D eigenvalue weighted by Gasteiger charge is 2.25. The lowest BCUT2D eigenvalue weighted by Gasteiger charge is -2.28. The Morgan fingerprint density at radius 2 is 1.11 bits per heavy atom. The molecule has 270 valence electrons. The van der Waals surface area contributed by atoms with Crippen LogP contribution in [0.4, 0.5) is 38.6 Å². The van der Waals surface area contributed by atoms with E-state index in [2.05, 4.69) is 95.9 Å². The lowest BCUT2D eigenvalue weighted by molar-refractivity contribution is 0.487. The van der Waals surface area contributed by atoms with Gasteiger partial charge in [0.1, 0.15) is 28.7 Å². The van der Waals surface area contributed by atoms with E-state index >= 15 is 0 Å². The van der Waals surface area contributed by atoms with Crippen LogP contribution in [0, 0.1) is 5.82 Å². The van der Waals surface area contributed by atoms with Gasteiger partial charge in [0.05, 0.1) is 11.4 Å². The fourth-order valence-corrected chi connectivity index (χ4v) is 8.18. The molecule has 0 saturated carbocycles. The van der Waals surface area contributed by atoms with Crippen molar-refractivity contribution < 1.29 is 13.5 Å². The largest absolute Gasteiger partial charge is 0.456 e. The van der Waals surface area contributed by atoms with Gasteiger partial charge in [0.2, 0.25) is 0 Å². The van der Waals surface area contributed by atoms with E-state index in [9.17, 15) is 4.39 Å². The molecule has 0 atom stereocenters. The Labute approximate surface area is 328 Å². The van der Waals surface area contributed by atoms with E-state index < -0.39 is 0 Å². The lowest BCUT2D eigenvalue weighted by Crippen LogP contribution is -2.11. The van der Waals surface area contributed by atoms with Crippen molar-refractivity contribution in [1.29, 1.82) is 0 Å². The number of aromatic nitrogens is 1. The summed E-state index contributed by atoms with van der Waals surface area (Å²) in [7, 11) is 0. The number of hydrogen-bond acceptors (Lipinski definition) is 5. The molecule has 0 unspecified atom stereocenters. The van der Waals surface area contributed by atoms with Crippen molar-refractivity contribution in [3.8, 4) is 33.8 Å². The van der Waals surface area contributed by atoms with Gasteiger partial charge in [-0.2, -0.15) is 0 Å². The molecule has 0 amide bonds. The molecule has 0 bridgehead atoms. The van der Waals surface area contributed by atoms with Crippen LogP contribution < -0.4 is 14.5 Å². The van der Waals surface area contributed by atoms with Crippen molar-refractivity contribution in [2.24, 2.45) is 0 Å². The van der Waals surface area contributed by atoms with Gasteiger partial charge < -0.3 is 14.1 Å². The average molecular weight is 738 g/mol. The number of nitrogens with zero attached hydrogens (tertiary/aromatic N) is 3. The summed E-state index contributed by atoms with van der Waals surface area (Å²) in [6.45, 7) is 0. The Hall–Kier alpha value is -7.70. The standard InChI is InChI=1S/C51H32FN3O2/c52-34-22-24-37(25-23-34)55(36-13-5-2-6-14-36)49-30-21-33(32-53-49)39-28-29-43-41-27-26-38(31-48(41)56-47-20-10-16-42(39)50(43)47)54(35-11-3-1-4-12-35)45-18-9-17-44-40-15-7-8-19-46(40)57-51(44)45/h1-32H. The van der Waals surface area contributed by atoms with Crippen LogP contribution in [0.25, 0.3) is 55.0 Å². The predicted octanol–water partition coefficient (Wildman–Crippen LogP) is 14.7. The first-order valence-corrected chi connectivity index (χ1v) is 18.9. The van der Waals surface area contributed by atoms with E-state index in [1.165, 1.54) is 12.1 Å². The Kier molecular flexibility index (Phi) is 7.60. The smallest absolute Gasteiger partial charge is 0.159 e. The molecule has 8 aromatic carbocycles. The zero-order valence-electron chi connectivity index (χ0n) is 30.5. The molecule has 1 aliphatic heterocycles. The summed E-state index contributed by atoms with van der Waals surface area (Å²) in [6, 6.07) is 62.5. The summed E-state index contributed by atoms with van der Waals surface area (Å²) >= 11 is 0. The van der Waals surface area contributed by atoms with E-state index in [1.54, 1.807) is 12.1 Å². The van der Waals surface area contributed by atoms with Gasteiger partial charge in [0.15, 0.2) is 5.58 Å². The number of furan rings is 1. The molecular formula is C51H32FN3O2. The molecule has 5 nitrogen and oxygen atoms in total. The Balaban J connectivity index is 0.989. The maximum Gasteiger partial charge on any atom is 0.159 e. The highest BCUT2D eigenvalue weighted by atomic mass is 19.1. The minimum Gasteiger partial charge on any atom is -0.456 e. The molecule has 0 aliphatic carbocycles. The molecular weight excluding hydrogens is 706 g/mol. The number of anilines is 6. The Bertz CT molecular complexity index is 3110. The molecule has 0 fully saturated rings. The summed E-state index contributed by atoms with van der Waals surface area (Å²) in [5, 5.41) is 4.30. The van der Waals surface area contributed by atoms with Gasteiger partial charge in [-0.1, -0.05) is 91.0 Å². The maximum atomic E-state index is 13.9. The number of hydrogen-bond donors (Lipinski definition) is 0. The molecule has 11 rings (SSSR count). The van der Waals surface area contributed by atoms with Gasteiger partial charge in [-0.05, 0) is 108 Å². The quantitative estimate of drug-likeness (QED) is 0.163. The van der Waals surface area contributed by atoms with Gasteiger partial charge in [-0.3, -0.25) is 4.90 Å². The van der Waals surface area contributed by atoms with Crippen LogP contribution in [0.5, 0.6) is 11.5 Å². The Morgan fingerprint density at radius 1 is 0.456 bits per heavy atom. The van der Waals surface area contributed by atoms with E-state index in [1.807, 2.05) is 83.9 Å². The van der Waals surface area contributed by atoms with Crippen molar-refractivity contribution >= 4 is 67.0 Å². The third kappa shape index (κ3) is 5.49. The molecule has 57 heavy (non-hydrogen) atoms. The highest BCUT2D eigenvalue weighted by molar-refractivity contribution is 6.12. The molecule has 0 spiro atoms. The SMILES string of the molecule is Fc1ccc(N(c2ccccc2)c2ccc(-c3ccc4c5c(cccc35)Oc3cc(N(c5ccccc5)c5cccc6c5oc5ccccc56)ccc3-4)cn2)cc1. The van der Waals surface area contributed by atoms with E-state index in [0.717, 1.165) is 101 Å². The molecule has 0 N–H and O–H groups in total. The molecule has 0 radical (unpaired) electrons. The molecule has 0 saturated heterocycles. The molecule has 1 aliphatic rings. The summed E-state index contributed by atoms with van der Waals surface area (Å²) < 4.78 is 27.2. The number of benzene rings is 8. The summed E-state index contributed by atoms with van der Waals surface area (Å²) in [5.74, 6) is 2.03. The van der Waals surface area contributed by atoms with Crippen LogP contribution in [-0.4, -0.2) is 4.98 Å². The van der Waals surface area contributed by atoms with E-state index in [-0.39, 0.29) is 5.82 Å². The summed E-state index contributed by atoms with van der Waals surface area (Å²) in [4.78, 5) is 9.21. The first-order valence-electron chi connectivity index (χ1n) is 18.9. The first-order chi connectivity index (χ1) is 28.2. The second-order valence-corrected chi connectivity index (χ2v) is 14.1. The van der Waals surface area contributed by atoms with E-state index in [0.29, 0.717) is 0 Å². The zero-order valence-corrected chi connectivity index (χ0v) is 30.5. The molecule has 2 aromatic heterocycles. The second kappa shape index (κ2) is 13.3. The van der Waals surface area contributed by atoms with Crippen LogP contribution in [0.2, 0.25) is 0 Å². The molecule has 6 heteroatoms. The third-order valence-electron chi connectivity index (χ3n) is 10.8. The third-order valence-corrected chi connectivity index (χ3v) is 10.8. The van der Waals surface area contributed by atoms with Crippen LogP contribution >= 0.6 is 0 Å². The van der Waals surface area contributed by atoms with Crippen molar-refractivity contribution in [2.45, 2.75) is 0 Å². The number of pyridine rings is 1. The summed E-state index contributed by atoms with van der Waals surface area (Å²) in [6.07, 6.45) is 1.91. The molecule has 10 aromatic rings. The van der Waals surface area contributed by atoms with Crippen LogP contribution in [0.1, 0.15) is 0 Å². The summed E-state index contributed by atoms with van der Waals surface area (Å²) in [5.41, 5.74) is 10.5. The number of ether oxygens (including phenoxy) is 1. The first kappa shape index (κ1) is 32.7. The fourth-order valence-electron chi connectivity index (χ4n) is 8.18. The topological polar surface area (TPSA) is 41.7 Å². The van der Waals surface area contributed by atoms with Gasteiger partial charge >= 0.3 is 0 Å². The maximum absolute atomic E-state index is 13.9. The van der Waals surface area contributed by atoms with Crippen molar-refractivity contribution in [2.75, 3.05) is 9.80 Å². The van der Waals surface area contributed by atoms with Gasteiger partial charge in [0.25, 0.3) is 0 Å². The van der Waals surface area contributed by atoms with Gasteiger partial charge in [-0.15, -0.1) is 0 Å². The number of halogens is 1. The minimum atomic E-state index is -0.282. The number of fused-ring (bicyclic) bond motifs is 5. The average Bonchev–Trinajstić information content (AvgIpc) is 3.65. The molecule has 3 heterocycles.